The van der Waals surface area contributed by atoms with Crippen LogP contribution in [0.15, 0.2) is 30.3 Å². The number of amides is 1. The molecule has 1 atom stereocenters. The van der Waals surface area contributed by atoms with Crippen LogP contribution in [0.1, 0.15) is 24.8 Å². The maximum atomic E-state index is 12.5. The first-order valence-corrected chi connectivity index (χ1v) is 7.66. The van der Waals surface area contributed by atoms with Gasteiger partial charge in [-0.3, -0.25) is 4.79 Å². The molecule has 0 bridgehead atoms. The van der Waals surface area contributed by atoms with E-state index >= 15 is 0 Å². The van der Waals surface area contributed by atoms with Crippen LogP contribution in [-0.2, 0) is 11.2 Å². The highest BCUT2D eigenvalue weighted by Crippen LogP contribution is 2.36. The lowest BCUT2D eigenvalue weighted by Crippen LogP contribution is -2.59. The number of rotatable bonds is 6. The molecule has 1 aliphatic carbocycles. The number of benzene rings is 1. The minimum absolute atomic E-state index is 0.0342. The van der Waals surface area contributed by atoms with Crippen LogP contribution in [0.5, 0.6) is 0 Å². The van der Waals surface area contributed by atoms with E-state index in [0.29, 0.717) is 6.42 Å². The number of carbonyl (C=O) groups is 1. The molecule has 1 fully saturated rings. The standard InChI is InChI=1S/C17H27N3O/c1-19(2)17(10-7-11-17)13-20(3)16(21)15(18)12-14-8-5-4-6-9-14/h4-6,8-9,15H,7,10-13,18H2,1-3H3/t15-/m0/s1. The van der Waals surface area contributed by atoms with Gasteiger partial charge in [0, 0.05) is 19.1 Å². The van der Waals surface area contributed by atoms with Crippen molar-refractivity contribution in [3.8, 4) is 0 Å². The summed E-state index contributed by atoms with van der Waals surface area (Å²) in [6.07, 6.45) is 4.16. The zero-order valence-corrected chi connectivity index (χ0v) is 13.4. The summed E-state index contributed by atoms with van der Waals surface area (Å²) in [5, 5.41) is 0. The molecule has 21 heavy (non-hydrogen) atoms. The molecule has 116 valence electrons. The lowest BCUT2D eigenvalue weighted by atomic mass is 9.75. The number of hydrogen-bond acceptors (Lipinski definition) is 3. The molecule has 2 N–H and O–H groups in total. The smallest absolute Gasteiger partial charge is 0.239 e. The zero-order valence-electron chi connectivity index (χ0n) is 13.4. The average Bonchev–Trinajstić information content (AvgIpc) is 2.42. The maximum Gasteiger partial charge on any atom is 0.239 e. The summed E-state index contributed by atoms with van der Waals surface area (Å²) >= 11 is 0. The second-order valence-electron chi connectivity index (χ2n) is 6.46. The van der Waals surface area contributed by atoms with Crippen molar-refractivity contribution in [3.05, 3.63) is 35.9 Å². The van der Waals surface area contributed by atoms with Gasteiger partial charge in [0.2, 0.25) is 5.91 Å². The lowest BCUT2D eigenvalue weighted by Gasteiger charge is -2.49. The van der Waals surface area contributed by atoms with Crippen LogP contribution < -0.4 is 5.73 Å². The van der Waals surface area contributed by atoms with Crippen molar-refractivity contribution >= 4 is 5.91 Å². The minimum atomic E-state index is -0.461. The van der Waals surface area contributed by atoms with Gasteiger partial charge in [-0.15, -0.1) is 0 Å². The van der Waals surface area contributed by atoms with Gasteiger partial charge in [0.1, 0.15) is 0 Å². The van der Waals surface area contributed by atoms with Crippen LogP contribution in [0.2, 0.25) is 0 Å². The van der Waals surface area contributed by atoms with Gasteiger partial charge in [0.25, 0.3) is 0 Å². The first kappa shape index (κ1) is 16.0. The number of likely N-dealkylation sites (N-methyl/N-ethyl adjacent to an activating group) is 2. The van der Waals surface area contributed by atoms with Gasteiger partial charge >= 0.3 is 0 Å². The van der Waals surface area contributed by atoms with Crippen molar-refractivity contribution in [3.63, 3.8) is 0 Å². The van der Waals surface area contributed by atoms with Gasteiger partial charge in [-0.2, -0.15) is 0 Å². The molecule has 1 aliphatic rings. The summed E-state index contributed by atoms with van der Waals surface area (Å²) in [7, 11) is 6.07. The number of nitrogens with two attached hydrogens (primary N) is 1. The molecule has 0 spiro atoms. The van der Waals surface area contributed by atoms with Crippen molar-refractivity contribution in [1.82, 2.24) is 9.80 Å². The molecule has 0 radical (unpaired) electrons. The van der Waals surface area contributed by atoms with E-state index in [2.05, 4.69) is 19.0 Å². The lowest BCUT2D eigenvalue weighted by molar-refractivity contribution is -0.134. The Morgan fingerprint density at radius 2 is 1.86 bits per heavy atom. The summed E-state index contributed by atoms with van der Waals surface area (Å²) in [4.78, 5) is 16.5. The molecule has 0 aromatic heterocycles. The van der Waals surface area contributed by atoms with E-state index < -0.39 is 6.04 Å². The van der Waals surface area contributed by atoms with Crippen LogP contribution in [-0.4, -0.2) is 55.0 Å². The van der Waals surface area contributed by atoms with Crippen LogP contribution >= 0.6 is 0 Å². The quantitative estimate of drug-likeness (QED) is 0.863. The number of hydrogen-bond donors (Lipinski definition) is 1. The van der Waals surface area contributed by atoms with Crippen LogP contribution in [0.4, 0.5) is 0 Å². The highest BCUT2D eigenvalue weighted by atomic mass is 16.2. The Labute approximate surface area is 127 Å². The predicted octanol–water partition coefficient (Wildman–Crippen LogP) is 1.50. The fraction of sp³-hybridized carbons (Fsp3) is 0.588. The zero-order chi connectivity index (χ0) is 15.5. The van der Waals surface area contributed by atoms with Crippen molar-refractivity contribution in [2.75, 3.05) is 27.7 Å². The third-order valence-corrected chi connectivity index (χ3v) is 4.76. The molecular formula is C17H27N3O. The van der Waals surface area contributed by atoms with Gasteiger partial charge in [0.15, 0.2) is 0 Å². The highest BCUT2D eigenvalue weighted by molar-refractivity contribution is 5.81. The molecule has 0 heterocycles. The summed E-state index contributed by atoms with van der Waals surface area (Å²) in [5.74, 6) is 0.0342. The second kappa shape index (κ2) is 6.58. The molecule has 1 amide bonds. The van der Waals surface area contributed by atoms with Crippen LogP contribution in [0, 0.1) is 0 Å². The van der Waals surface area contributed by atoms with E-state index in [1.54, 1.807) is 0 Å². The summed E-state index contributed by atoms with van der Waals surface area (Å²) in [6.45, 7) is 0.765. The van der Waals surface area contributed by atoms with Crippen molar-refractivity contribution < 1.29 is 4.79 Å². The molecular weight excluding hydrogens is 262 g/mol. The summed E-state index contributed by atoms with van der Waals surface area (Å²) in [5.41, 5.74) is 7.36. The molecule has 1 aromatic carbocycles. The van der Waals surface area contributed by atoms with E-state index in [0.717, 1.165) is 24.9 Å². The Morgan fingerprint density at radius 3 is 2.33 bits per heavy atom. The maximum absolute atomic E-state index is 12.5. The SMILES string of the molecule is CN(CC1(N(C)C)CCC1)C(=O)[C@@H](N)Cc1ccccc1. The first-order valence-electron chi connectivity index (χ1n) is 7.66. The summed E-state index contributed by atoms with van der Waals surface area (Å²) < 4.78 is 0. The Balaban J connectivity index is 1.92. The van der Waals surface area contributed by atoms with Crippen molar-refractivity contribution in [2.24, 2.45) is 5.73 Å². The fourth-order valence-electron chi connectivity index (χ4n) is 3.09. The fourth-order valence-corrected chi connectivity index (χ4v) is 3.09. The average molecular weight is 289 g/mol. The molecule has 0 aliphatic heterocycles. The highest BCUT2D eigenvalue weighted by Gasteiger charge is 2.41. The second-order valence-corrected chi connectivity index (χ2v) is 6.46. The first-order chi connectivity index (χ1) is 9.94. The molecule has 4 heteroatoms. The van der Waals surface area contributed by atoms with Crippen LogP contribution in [0.3, 0.4) is 0 Å². The molecule has 1 aromatic rings. The molecule has 0 unspecified atom stereocenters. The third-order valence-electron chi connectivity index (χ3n) is 4.76. The van der Waals surface area contributed by atoms with E-state index in [1.165, 1.54) is 6.42 Å². The minimum Gasteiger partial charge on any atom is -0.343 e. The largest absolute Gasteiger partial charge is 0.343 e. The normalized spacial score (nSPS) is 18.1. The summed E-state index contributed by atoms with van der Waals surface area (Å²) in [6, 6.07) is 9.50. The molecule has 0 saturated heterocycles. The van der Waals surface area contributed by atoms with E-state index in [4.69, 9.17) is 5.73 Å². The van der Waals surface area contributed by atoms with E-state index in [1.807, 2.05) is 42.3 Å². The Hall–Kier alpha value is -1.39. The van der Waals surface area contributed by atoms with Gasteiger partial charge in [0.05, 0.1) is 6.04 Å². The third kappa shape index (κ3) is 3.63. The van der Waals surface area contributed by atoms with Crippen molar-refractivity contribution in [1.29, 1.82) is 0 Å². The topological polar surface area (TPSA) is 49.6 Å². The van der Waals surface area contributed by atoms with Gasteiger partial charge in [-0.1, -0.05) is 30.3 Å². The van der Waals surface area contributed by atoms with Crippen molar-refractivity contribution in [2.45, 2.75) is 37.3 Å². The van der Waals surface area contributed by atoms with Crippen LogP contribution in [0.25, 0.3) is 0 Å². The number of carbonyl (C=O) groups excluding carboxylic acids is 1. The van der Waals surface area contributed by atoms with E-state index in [9.17, 15) is 4.79 Å². The molecule has 1 saturated carbocycles. The van der Waals surface area contributed by atoms with Gasteiger partial charge in [-0.05, 0) is 45.3 Å². The molecule has 4 nitrogen and oxygen atoms in total. The van der Waals surface area contributed by atoms with E-state index in [-0.39, 0.29) is 11.4 Å². The Morgan fingerprint density at radius 1 is 1.24 bits per heavy atom. The predicted molar refractivity (Wildman–Crippen MR) is 86.0 cm³/mol. The van der Waals surface area contributed by atoms with Gasteiger partial charge in [-0.25, -0.2) is 0 Å². The molecule has 2 rings (SSSR count). The monoisotopic (exact) mass is 289 g/mol. The Bertz CT molecular complexity index is 468. The Kier molecular flexibility index (Phi) is 5.01. The number of nitrogens with zero attached hydrogens (tertiary/aromatic N) is 2. The van der Waals surface area contributed by atoms with Gasteiger partial charge < -0.3 is 15.5 Å².